The quantitative estimate of drug-likeness (QED) is 0.716. The first-order chi connectivity index (χ1) is 11.2. The van der Waals surface area contributed by atoms with Crippen LogP contribution in [0.4, 0.5) is 0 Å². The molecule has 0 aromatic carbocycles. The molecule has 7 heteroatoms. The van der Waals surface area contributed by atoms with Gasteiger partial charge in [-0.3, -0.25) is 14.5 Å². The first kappa shape index (κ1) is 13.7. The average Bonchev–Trinajstić information content (AvgIpc) is 3.20. The Bertz CT molecular complexity index is 851. The lowest BCUT2D eigenvalue weighted by molar-refractivity contribution is 0.0701. The van der Waals surface area contributed by atoms with E-state index < -0.39 is 0 Å². The molecule has 0 fully saturated rings. The van der Waals surface area contributed by atoms with Gasteiger partial charge in [0.05, 0.1) is 18.4 Å². The van der Waals surface area contributed by atoms with Crippen molar-refractivity contribution in [3.05, 3.63) is 54.5 Å². The van der Waals surface area contributed by atoms with Crippen molar-refractivity contribution in [1.82, 2.24) is 29.2 Å². The summed E-state index contributed by atoms with van der Waals surface area (Å²) in [6.07, 6.45) is 7.18. The molecule has 0 spiro atoms. The molecule has 0 aliphatic carbocycles. The molecular formula is C16H16N6O. The van der Waals surface area contributed by atoms with Gasteiger partial charge in [0.2, 0.25) is 0 Å². The van der Waals surface area contributed by atoms with Gasteiger partial charge in [-0.2, -0.15) is 5.10 Å². The Morgan fingerprint density at radius 3 is 2.74 bits per heavy atom. The zero-order valence-electron chi connectivity index (χ0n) is 12.8. The highest BCUT2D eigenvalue weighted by Gasteiger charge is 2.25. The highest BCUT2D eigenvalue weighted by Crippen LogP contribution is 2.23. The topological polar surface area (TPSA) is 68.8 Å². The lowest BCUT2D eigenvalue weighted by atomic mass is 10.2. The van der Waals surface area contributed by atoms with E-state index in [1.54, 1.807) is 41.3 Å². The van der Waals surface area contributed by atoms with Gasteiger partial charge >= 0.3 is 0 Å². The molecule has 1 amide bonds. The summed E-state index contributed by atoms with van der Waals surface area (Å²) < 4.78 is 3.80. The van der Waals surface area contributed by atoms with Crippen molar-refractivity contribution < 1.29 is 4.79 Å². The van der Waals surface area contributed by atoms with Crippen LogP contribution in [0, 0.1) is 0 Å². The molecule has 1 aliphatic heterocycles. The van der Waals surface area contributed by atoms with Crippen molar-refractivity contribution in [3.63, 3.8) is 0 Å². The minimum absolute atomic E-state index is 0.0506. The van der Waals surface area contributed by atoms with Crippen molar-refractivity contribution in [2.24, 2.45) is 7.05 Å². The number of amides is 1. The number of hydrogen-bond acceptors (Lipinski definition) is 4. The normalized spacial score (nSPS) is 13.9. The Labute approximate surface area is 133 Å². The van der Waals surface area contributed by atoms with Crippen LogP contribution in [0.2, 0.25) is 0 Å². The molecule has 4 heterocycles. The predicted octanol–water partition coefficient (Wildman–Crippen LogP) is 1.33. The first-order valence-corrected chi connectivity index (χ1v) is 7.46. The summed E-state index contributed by atoms with van der Waals surface area (Å²) >= 11 is 0. The lowest BCUT2D eigenvalue weighted by Crippen LogP contribution is -2.38. The third-order valence-corrected chi connectivity index (χ3v) is 4.06. The summed E-state index contributed by atoms with van der Waals surface area (Å²) in [4.78, 5) is 22.8. The zero-order chi connectivity index (χ0) is 15.8. The van der Waals surface area contributed by atoms with Crippen molar-refractivity contribution in [1.29, 1.82) is 0 Å². The fourth-order valence-electron chi connectivity index (χ4n) is 2.88. The van der Waals surface area contributed by atoms with Gasteiger partial charge in [0, 0.05) is 44.3 Å². The summed E-state index contributed by atoms with van der Waals surface area (Å²) in [5, 5.41) is 4.19. The van der Waals surface area contributed by atoms with Gasteiger partial charge in [-0.05, 0) is 18.2 Å². The van der Waals surface area contributed by atoms with E-state index in [1.807, 2.05) is 18.3 Å². The number of imidazole rings is 1. The molecule has 0 unspecified atom stereocenters. The molecule has 3 aromatic rings. The largest absolute Gasteiger partial charge is 0.328 e. The van der Waals surface area contributed by atoms with E-state index in [4.69, 9.17) is 0 Å². The molecule has 7 nitrogen and oxygen atoms in total. The molecule has 1 aliphatic rings. The maximum absolute atomic E-state index is 12.5. The number of aromatic nitrogens is 5. The Morgan fingerprint density at radius 1 is 1.17 bits per heavy atom. The molecule has 23 heavy (non-hydrogen) atoms. The smallest absolute Gasteiger partial charge is 0.274 e. The Morgan fingerprint density at radius 2 is 2.00 bits per heavy atom. The highest BCUT2D eigenvalue weighted by atomic mass is 16.2. The summed E-state index contributed by atoms with van der Waals surface area (Å²) in [5.41, 5.74) is 2.62. The molecule has 3 aromatic heterocycles. The SMILES string of the molecule is Cn1ccc(C(=O)N2CCn3c(-c4ccncc4)cnc3C2)n1. The summed E-state index contributed by atoms with van der Waals surface area (Å²) in [6.45, 7) is 1.88. The molecule has 0 N–H and O–H groups in total. The van der Waals surface area contributed by atoms with E-state index in [9.17, 15) is 4.79 Å². The number of pyridine rings is 1. The summed E-state index contributed by atoms with van der Waals surface area (Å²) in [5.74, 6) is 0.845. The first-order valence-electron chi connectivity index (χ1n) is 7.46. The number of carbonyl (C=O) groups excluding carboxylic acids is 1. The minimum atomic E-state index is -0.0506. The molecular weight excluding hydrogens is 292 g/mol. The molecule has 116 valence electrons. The Hall–Kier alpha value is -2.96. The van der Waals surface area contributed by atoms with Crippen LogP contribution in [-0.4, -0.2) is 41.7 Å². The zero-order valence-corrected chi connectivity index (χ0v) is 12.8. The van der Waals surface area contributed by atoms with Crippen LogP contribution >= 0.6 is 0 Å². The minimum Gasteiger partial charge on any atom is -0.328 e. The number of hydrogen-bond donors (Lipinski definition) is 0. The molecule has 4 rings (SSSR count). The molecule has 0 saturated heterocycles. The number of carbonyl (C=O) groups is 1. The van der Waals surface area contributed by atoms with Gasteiger partial charge in [0.15, 0.2) is 0 Å². The van der Waals surface area contributed by atoms with Gasteiger partial charge in [-0.1, -0.05) is 0 Å². The number of aryl methyl sites for hydroxylation is 1. The van der Waals surface area contributed by atoms with Gasteiger partial charge in [-0.15, -0.1) is 0 Å². The van der Waals surface area contributed by atoms with Gasteiger partial charge in [-0.25, -0.2) is 4.98 Å². The molecule has 0 bridgehead atoms. The lowest BCUT2D eigenvalue weighted by Gasteiger charge is -2.28. The van der Waals surface area contributed by atoms with Crippen molar-refractivity contribution >= 4 is 5.91 Å². The van der Waals surface area contributed by atoms with E-state index in [0.29, 0.717) is 18.8 Å². The molecule has 0 radical (unpaired) electrons. The second kappa shape index (κ2) is 5.35. The fraction of sp³-hybridized carbons (Fsp3) is 0.250. The molecule has 0 atom stereocenters. The number of rotatable bonds is 2. The van der Waals surface area contributed by atoms with Crippen LogP contribution in [0.1, 0.15) is 16.3 Å². The third kappa shape index (κ3) is 2.40. The van der Waals surface area contributed by atoms with Gasteiger partial charge in [0.1, 0.15) is 11.5 Å². The summed E-state index contributed by atoms with van der Waals surface area (Å²) in [7, 11) is 1.81. The fourth-order valence-corrected chi connectivity index (χ4v) is 2.88. The average molecular weight is 308 g/mol. The predicted molar refractivity (Wildman–Crippen MR) is 83.4 cm³/mol. The van der Waals surface area contributed by atoms with Crippen LogP contribution < -0.4 is 0 Å². The van der Waals surface area contributed by atoms with Crippen molar-refractivity contribution in [3.8, 4) is 11.3 Å². The van der Waals surface area contributed by atoms with Crippen molar-refractivity contribution in [2.45, 2.75) is 13.1 Å². The van der Waals surface area contributed by atoms with Crippen LogP contribution in [0.5, 0.6) is 0 Å². The monoisotopic (exact) mass is 308 g/mol. The van der Waals surface area contributed by atoms with E-state index in [-0.39, 0.29) is 5.91 Å². The van der Waals surface area contributed by atoms with Crippen LogP contribution in [0.15, 0.2) is 43.0 Å². The third-order valence-electron chi connectivity index (χ3n) is 4.06. The standard InChI is InChI=1S/C16H16N6O/c1-20-7-4-13(19-20)16(23)21-8-9-22-14(10-18-15(22)11-21)12-2-5-17-6-3-12/h2-7,10H,8-9,11H2,1H3. The van der Waals surface area contributed by atoms with Crippen LogP contribution in [-0.2, 0) is 20.1 Å². The second-order valence-corrected chi connectivity index (χ2v) is 5.55. The van der Waals surface area contributed by atoms with E-state index in [0.717, 1.165) is 23.6 Å². The number of fused-ring (bicyclic) bond motifs is 1. The van der Waals surface area contributed by atoms with Crippen LogP contribution in [0.25, 0.3) is 11.3 Å². The number of nitrogens with zero attached hydrogens (tertiary/aromatic N) is 6. The highest BCUT2D eigenvalue weighted by molar-refractivity contribution is 5.92. The van der Waals surface area contributed by atoms with E-state index >= 15 is 0 Å². The van der Waals surface area contributed by atoms with Gasteiger partial charge in [0.25, 0.3) is 5.91 Å². The van der Waals surface area contributed by atoms with Crippen molar-refractivity contribution in [2.75, 3.05) is 6.54 Å². The van der Waals surface area contributed by atoms with Gasteiger partial charge < -0.3 is 9.47 Å². The van der Waals surface area contributed by atoms with E-state index in [2.05, 4.69) is 19.6 Å². The maximum Gasteiger partial charge on any atom is 0.274 e. The Balaban J connectivity index is 1.59. The second-order valence-electron chi connectivity index (χ2n) is 5.55. The molecule has 0 saturated carbocycles. The Kier molecular flexibility index (Phi) is 3.18. The summed E-state index contributed by atoms with van der Waals surface area (Å²) in [6, 6.07) is 5.68. The van der Waals surface area contributed by atoms with Crippen LogP contribution in [0.3, 0.4) is 0 Å². The maximum atomic E-state index is 12.5. The van der Waals surface area contributed by atoms with E-state index in [1.165, 1.54) is 0 Å².